The van der Waals surface area contributed by atoms with Crippen LogP contribution in [0.4, 0.5) is 4.79 Å². The van der Waals surface area contributed by atoms with Crippen molar-refractivity contribution in [3.05, 3.63) is 71.3 Å². The number of fused-ring (bicyclic) bond motifs is 1. The highest BCUT2D eigenvalue weighted by atomic mass is 16.2. The Morgan fingerprint density at radius 1 is 0.759 bits per heavy atom. The number of nitrogens with one attached hydrogen (secondary N) is 1. The van der Waals surface area contributed by atoms with E-state index < -0.39 is 11.6 Å². The third-order valence-electron chi connectivity index (χ3n) is 5.52. The standard InChI is InChI=1S/C22H21N3O4/c1-22(15-9-3-2-4-10-15)20(28)25(21(29)23-22)14-8-7-13-24-18(26)16-11-5-6-12-17(16)19(24)27/h2-6,9-12H,7-8,13-14H2,1H3,(H,23,29)/t22-/m1/s1. The van der Waals surface area contributed by atoms with Crippen LogP contribution in [0, 0.1) is 0 Å². The Balaban J connectivity index is 1.35. The van der Waals surface area contributed by atoms with Gasteiger partial charge in [-0.1, -0.05) is 42.5 Å². The molecule has 0 unspecified atom stereocenters. The second-order valence-corrected chi connectivity index (χ2v) is 7.39. The topological polar surface area (TPSA) is 86.8 Å². The van der Waals surface area contributed by atoms with Crippen LogP contribution in [-0.2, 0) is 10.3 Å². The average Bonchev–Trinajstić information content (AvgIpc) is 3.11. The number of urea groups is 1. The van der Waals surface area contributed by atoms with Crippen LogP contribution >= 0.6 is 0 Å². The van der Waals surface area contributed by atoms with Crippen molar-refractivity contribution >= 4 is 23.8 Å². The van der Waals surface area contributed by atoms with Gasteiger partial charge >= 0.3 is 6.03 Å². The van der Waals surface area contributed by atoms with E-state index in [2.05, 4.69) is 5.32 Å². The van der Waals surface area contributed by atoms with Gasteiger partial charge in [-0.2, -0.15) is 0 Å². The Morgan fingerprint density at radius 2 is 1.28 bits per heavy atom. The van der Waals surface area contributed by atoms with Gasteiger partial charge in [-0.25, -0.2) is 4.79 Å². The second kappa shape index (κ2) is 7.16. The molecule has 5 amide bonds. The van der Waals surface area contributed by atoms with E-state index in [1.165, 1.54) is 9.80 Å². The molecule has 2 aromatic carbocycles. The Hall–Kier alpha value is -3.48. The quantitative estimate of drug-likeness (QED) is 0.466. The minimum atomic E-state index is -1.08. The maximum atomic E-state index is 12.9. The maximum absolute atomic E-state index is 12.9. The number of carbonyl (C=O) groups is 4. The first kappa shape index (κ1) is 18.9. The molecule has 1 saturated heterocycles. The van der Waals surface area contributed by atoms with Crippen LogP contribution in [0.1, 0.15) is 46.0 Å². The molecule has 4 rings (SSSR count). The molecule has 2 aliphatic heterocycles. The molecule has 7 nitrogen and oxygen atoms in total. The summed E-state index contributed by atoms with van der Waals surface area (Å²) in [6, 6.07) is 15.4. The van der Waals surface area contributed by atoms with Gasteiger partial charge in [-0.3, -0.25) is 24.2 Å². The number of rotatable bonds is 6. The van der Waals surface area contributed by atoms with Crippen LogP contribution in [0.3, 0.4) is 0 Å². The van der Waals surface area contributed by atoms with E-state index in [-0.39, 0.29) is 30.8 Å². The van der Waals surface area contributed by atoms with Crippen LogP contribution in [0.25, 0.3) is 0 Å². The number of imide groups is 2. The van der Waals surface area contributed by atoms with E-state index in [1.54, 1.807) is 31.2 Å². The zero-order chi connectivity index (χ0) is 20.6. The summed E-state index contributed by atoms with van der Waals surface area (Å²) in [5.41, 5.74) is 0.489. The maximum Gasteiger partial charge on any atom is 0.325 e. The van der Waals surface area contributed by atoms with Crippen molar-refractivity contribution in [2.45, 2.75) is 25.3 Å². The summed E-state index contributed by atoms with van der Waals surface area (Å²) in [6.07, 6.45) is 1.00. The summed E-state index contributed by atoms with van der Waals surface area (Å²) in [5.74, 6) is -0.885. The number of benzene rings is 2. The van der Waals surface area contributed by atoms with Crippen LogP contribution < -0.4 is 5.32 Å². The number of hydrogen-bond donors (Lipinski definition) is 1. The minimum Gasteiger partial charge on any atom is -0.319 e. The third kappa shape index (κ3) is 3.08. The number of hydrogen-bond acceptors (Lipinski definition) is 4. The van der Waals surface area contributed by atoms with Crippen molar-refractivity contribution in [1.29, 1.82) is 0 Å². The van der Waals surface area contributed by atoms with Crippen molar-refractivity contribution < 1.29 is 19.2 Å². The molecule has 2 aliphatic rings. The SMILES string of the molecule is C[C@]1(c2ccccc2)NC(=O)N(CCCCN2C(=O)c3ccccc3C2=O)C1=O. The molecule has 0 spiro atoms. The van der Waals surface area contributed by atoms with Gasteiger partial charge in [0.1, 0.15) is 5.54 Å². The van der Waals surface area contributed by atoms with E-state index in [9.17, 15) is 19.2 Å². The van der Waals surface area contributed by atoms with Gasteiger partial charge in [0, 0.05) is 13.1 Å². The largest absolute Gasteiger partial charge is 0.325 e. The van der Waals surface area contributed by atoms with Crippen LogP contribution in [0.5, 0.6) is 0 Å². The first-order chi connectivity index (χ1) is 13.9. The van der Waals surface area contributed by atoms with Gasteiger partial charge in [0.15, 0.2) is 0 Å². The van der Waals surface area contributed by atoms with Crippen molar-refractivity contribution in [3.8, 4) is 0 Å². The summed E-state index contributed by atoms with van der Waals surface area (Å²) in [6.45, 7) is 2.18. The van der Waals surface area contributed by atoms with Crippen LogP contribution in [-0.4, -0.2) is 46.6 Å². The molecule has 0 aliphatic carbocycles. The number of amides is 5. The Morgan fingerprint density at radius 3 is 1.86 bits per heavy atom. The Bertz CT molecular complexity index is 969. The van der Waals surface area contributed by atoms with Crippen molar-refractivity contribution in [1.82, 2.24) is 15.1 Å². The Kier molecular flexibility index (Phi) is 4.66. The molecule has 29 heavy (non-hydrogen) atoms. The Labute approximate surface area is 168 Å². The van der Waals surface area contributed by atoms with Gasteiger partial charge in [0.2, 0.25) is 0 Å². The van der Waals surface area contributed by atoms with Crippen molar-refractivity contribution in [3.63, 3.8) is 0 Å². The lowest BCUT2D eigenvalue weighted by molar-refractivity contribution is -0.131. The van der Waals surface area contributed by atoms with Gasteiger partial charge in [-0.15, -0.1) is 0 Å². The normalized spacial score (nSPS) is 21.0. The molecule has 1 atom stereocenters. The molecular formula is C22H21N3O4. The molecule has 2 heterocycles. The fourth-order valence-electron chi connectivity index (χ4n) is 3.85. The molecule has 0 saturated carbocycles. The predicted molar refractivity (Wildman–Crippen MR) is 105 cm³/mol. The second-order valence-electron chi connectivity index (χ2n) is 7.39. The first-order valence-corrected chi connectivity index (χ1v) is 9.58. The average molecular weight is 391 g/mol. The lowest BCUT2D eigenvalue weighted by Gasteiger charge is -2.22. The van der Waals surface area contributed by atoms with Crippen LogP contribution in [0.15, 0.2) is 54.6 Å². The van der Waals surface area contributed by atoms with Crippen molar-refractivity contribution in [2.24, 2.45) is 0 Å². The molecule has 0 aromatic heterocycles. The van der Waals surface area contributed by atoms with Crippen molar-refractivity contribution in [2.75, 3.05) is 13.1 Å². The van der Waals surface area contributed by atoms with E-state index in [4.69, 9.17) is 0 Å². The summed E-state index contributed by atoms with van der Waals surface area (Å²) in [5, 5.41) is 2.77. The molecule has 1 N–H and O–H groups in total. The summed E-state index contributed by atoms with van der Waals surface area (Å²) in [4.78, 5) is 52.4. The highest BCUT2D eigenvalue weighted by Gasteiger charge is 2.48. The van der Waals surface area contributed by atoms with Gasteiger partial charge in [0.25, 0.3) is 17.7 Å². The van der Waals surface area contributed by atoms with Crippen LogP contribution in [0.2, 0.25) is 0 Å². The highest BCUT2D eigenvalue weighted by molar-refractivity contribution is 6.21. The molecule has 7 heteroatoms. The van der Waals surface area contributed by atoms with E-state index in [0.29, 0.717) is 24.0 Å². The molecule has 0 radical (unpaired) electrons. The highest BCUT2D eigenvalue weighted by Crippen LogP contribution is 2.29. The minimum absolute atomic E-state index is 0.232. The zero-order valence-electron chi connectivity index (χ0n) is 16.1. The van der Waals surface area contributed by atoms with E-state index in [0.717, 1.165) is 5.56 Å². The third-order valence-corrected chi connectivity index (χ3v) is 5.52. The van der Waals surface area contributed by atoms with Gasteiger partial charge in [-0.05, 0) is 37.5 Å². The number of carbonyl (C=O) groups excluding carboxylic acids is 4. The molecule has 1 fully saturated rings. The molecule has 148 valence electrons. The van der Waals surface area contributed by atoms with E-state index in [1.807, 2.05) is 30.3 Å². The summed E-state index contributed by atoms with van der Waals surface area (Å²) < 4.78 is 0. The summed E-state index contributed by atoms with van der Waals surface area (Å²) in [7, 11) is 0. The fourth-order valence-corrected chi connectivity index (χ4v) is 3.85. The molecule has 2 aromatic rings. The molecule has 0 bridgehead atoms. The summed E-state index contributed by atoms with van der Waals surface area (Å²) >= 11 is 0. The zero-order valence-corrected chi connectivity index (χ0v) is 16.1. The van der Waals surface area contributed by atoms with Gasteiger partial charge < -0.3 is 5.32 Å². The first-order valence-electron chi connectivity index (χ1n) is 9.58. The lowest BCUT2D eigenvalue weighted by Crippen LogP contribution is -2.41. The number of unbranched alkanes of at least 4 members (excludes halogenated alkanes) is 1. The molecular weight excluding hydrogens is 370 g/mol. The predicted octanol–water partition coefficient (Wildman–Crippen LogP) is 2.53. The van der Waals surface area contributed by atoms with E-state index >= 15 is 0 Å². The number of nitrogens with zero attached hydrogens (tertiary/aromatic N) is 2. The fraction of sp³-hybridized carbons (Fsp3) is 0.273. The smallest absolute Gasteiger partial charge is 0.319 e. The lowest BCUT2D eigenvalue weighted by atomic mass is 9.92. The monoisotopic (exact) mass is 391 g/mol. The van der Waals surface area contributed by atoms with Gasteiger partial charge in [0.05, 0.1) is 11.1 Å².